The molecule has 1 heterocycles. The van der Waals surface area contributed by atoms with Gasteiger partial charge in [0.05, 0.1) is 0 Å². The first-order valence-corrected chi connectivity index (χ1v) is 7.60. The Labute approximate surface area is 125 Å². The second-order valence-electron chi connectivity index (χ2n) is 5.46. The van der Waals surface area contributed by atoms with Gasteiger partial charge in [-0.1, -0.05) is 19.1 Å². The fourth-order valence-corrected chi connectivity index (χ4v) is 2.88. The summed E-state index contributed by atoms with van der Waals surface area (Å²) in [6.45, 7) is 3.72. The zero-order chi connectivity index (χ0) is 14.7. The van der Waals surface area contributed by atoms with E-state index in [1.165, 1.54) is 11.1 Å². The van der Waals surface area contributed by atoms with Crippen LogP contribution in [0.1, 0.15) is 42.8 Å². The summed E-state index contributed by atoms with van der Waals surface area (Å²) in [7, 11) is 1.88. The summed E-state index contributed by atoms with van der Waals surface area (Å²) in [6, 6.07) is 6.82. The first-order chi connectivity index (χ1) is 10.3. The van der Waals surface area contributed by atoms with Gasteiger partial charge in [0.25, 0.3) is 0 Å². The van der Waals surface area contributed by atoms with Crippen LogP contribution in [0.15, 0.2) is 24.5 Å². The van der Waals surface area contributed by atoms with Crippen LogP contribution < -0.4 is 10.1 Å². The summed E-state index contributed by atoms with van der Waals surface area (Å²) in [5, 5.41) is 7.67. The second-order valence-corrected chi connectivity index (χ2v) is 5.46. The largest absolute Gasteiger partial charge is 0.485 e. The van der Waals surface area contributed by atoms with Gasteiger partial charge >= 0.3 is 0 Å². The number of fused-ring (bicyclic) bond motifs is 1. The van der Waals surface area contributed by atoms with Gasteiger partial charge in [-0.2, -0.15) is 5.10 Å². The van der Waals surface area contributed by atoms with Gasteiger partial charge in [-0.25, -0.2) is 4.98 Å². The van der Waals surface area contributed by atoms with E-state index in [0.29, 0.717) is 12.6 Å². The molecule has 3 rings (SSSR count). The molecular weight excluding hydrogens is 264 g/mol. The van der Waals surface area contributed by atoms with Gasteiger partial charge in [-0.3, -0.25) is 4.68 Å². The standard InChI is InChI=1S/C16H22N4O/c1-3-9-17-14-8-7-13-12(14)5-4-6-15(13)21-10-16-18-11-19-20(16)2/h4-6,11,14,17H,3,7-10H2,1-2H3. The van der Waals surface area contributed by atoms with Gasteiger partial charge in [-0.05, 0) is 43.0 Å². The molecule has 112 valence electrons. The number of benzene rings is 1. The van der Waals surface area contributed by atoms with Crippen LogP contribution in [0.5, 0.6) is 5.75 Å². The van der Waals surface area contributed by atoms with Gasteiger partial charge in [-0.15, -0.1) is 0 Å². The van der Waals surface area contributed by atoms with Crippen LogP contribution in [0.2, 0.25) is 0 Å². The molecular formula is C16H22N4O. The number of aryl methyl sites for hydroxylation is 1. The first-order valence-electron chi connectivity index (χ1n) is 7.60. The number of nitrogens with one attached hydrogen (secondary N) is 1. The zero-order valence-corrected chi connectivity index (χ0v) is 12.7. The molecule has 1 aliphatic rings. The molecule has 1 aromatic carbocycles. The monoisotopic (exact) mass is 286 g/mol. The van der Waals surface area contributed by atoms with Gasteiger partial charge in [0.1, 0.15) is 18.7 Å². The topological polar surface area (TPSA) is 52.0 Å². The van der Waals surface area contributed by atoms with Gasteiger partial charge in [0, 0.05) is 13.1 Å². The predicted octanol–water partition coefficient (Wildman–Crippen LogP) is 2.38. The van der Waals surface area contributed by atoms with Crippen molar-refractivity contribution in [3.05, 3.63) is 41.5 Å². The highest BCUT2D eigenvalue weighted by Crippen LogP contribution is 2.37. The number of hydrogen-bond donors (Lipinski definition) is 1. The van der Waals surface area contributed by atoms with E-state index < -0.39 is 0 Å². The lowest BCUT2D eigenvalue weighted by atomic mass is 10.1. The third-order valence-corrected chi connectivity index (χ3v) is 4.03. The van der Waals surface area contributed by atoms with Crippen molar-refractivity contribution >= 4 is 0 Å². The summed E-state index contributed by atoms with van der Waals surface area (Å²) < 4.78 is 7.72. The summed E-state index contributed by atoms with van der Waals surface area (Å²) in [5.74, 6) is 1.82. The lowest BCUT2D eigenvalue weighted by Crippen LogP contribution is -2.19. The number of ether oxygens (including phenoxy) is 1. The molecule has 0 aliphatic heterocycles. The van der Waals surface area contributed by atoms with Crippen molar-refractivity contribution in [1.82, 2.24) is 20.1 Å². The van der Waals surface area contributed by atoms with E-state index in [9.17, 15) is 0 Å². The molecule has 5 nitrogen and oxygen atoms in total. The number of hydrogen-bond acceptors (Lipinski definition) is 4. The second kappa shape index (κ2) is 6.26. The Morgan fingerprint density at radius 1 is 1.43 bits per heavy atom. The summed E-state index contributed by atoms with van der Waals surface area (Å²) in [6.07, 6.45) is 4.94. The van der Waals surface area contributed by atoms with Crippen molar-refractivity contribution in [2.45, 2.75) is 38.8 Å². The predicted molar refractivity (Wildman–Crippen MR) is 81.1 cm³/mol. The van der Waals surface area contributed by atoms with Crippen LogP contribution in [-0.4, -0.2) is 21.3 Å². The fraction of sp³-hybridized carbons (Fsp3) is 0.500. The summed E-state index contributed by atoms with van der Waals surface area (Å²) in [5.41, 5.74) is 2.73. The normalized spacial score (nSPS) is 17.0. The van der Waals surface area contributed by atoms with Crippen molar-refractivity contribution in [3.8, 4) is 5.75 Å². The number of rotatable bonds is 6. The smallest absolute Gasteiger partial charge is 0.164 e. The first kappa shape index (κ1) is 14.1. The maximum absolute atomic E-state index is 5.98. The zero-order valence-electron chi connectivity index (χ0n) is 12.7. The molecule has 0 saturated heterocycles. The highest BCUT2D eigenvalue weighted by atomic mass is 16.5. The minimum atomic E-state index is 0.458. The molecule has 0 bridgehead atoms. The van der Waals surface area contributed by atoms with Crippen LogP contribution >= 0.6 is 0 Å². The Bertz CT molecular complexity index is 608. The minimum Gasteiger partial charge on any atom is -0.485 e. The SMILES string of the molecule is CCCNC1CCc2c(OCc3ncnn3C)cccc21. The van der Waals surface area contributed by atoms with Crippen LogP contribution in [0.3, 0.4) is 0 Å². The van der Waals surface area contributed by atoms with E-state index >= 15 is 0 Å². The maximum Gasteiger partial charge on any atom is 0.164 e. The van der Waals surface area contributed by atoms with E-state index in [1.54, 1.807) is 11.0 Å². The molecule has 1 N–H and O–H groups in total. The Morgan fingerprint density at radius 2 is 2.33 bits per heavy atom. The Balaban J connectivity index is 1.73. The van der Waals surface area contributed by atoms with Gasteiger partial charge in [0.2, 0.25) is 0 Å². The lowest BCUT2D eigenvalue weighted by Gasteiger charge is -2.14. The Morgan fingerprint density at radius 3 is 3.10 bits per heavy atom. The van der Waals surface area contributed by atoms with Crippen molar-refractivity contribution in [2.75, 3.05) is 6.54 Å². The lowest BCUT2D eigenvalue weighted by molar-refractivity contribution is 0.287. The van der Waals surface area contributed by atoms with E-state index in [0.717, 1.165) is 37.4 Å². The van der Waals surface area contributed by atoms with Gasteiger partial charge in [0.15, 0.2) is 5.82 Å². The van der Waals surface area contributed by atoms with Crippen molar-refractivity contribution in [1.29, 1.82) is 0 Å². The molecule has 1 atom stereocenters. The van der Waals surface area contributed by atoms with E-state index in [2.05, 4.69) is 40.5 Å². The fourth-order valence-electron chi connectivity index (χ4n) is 2.88. The van der Waals surface area contributed by atoms with Crippen molar-refractivity contribution in [2.24, 2.45) is 7.05 Å². The third-order valence-electron chi connectivity index (χ3n) is 4.03. The molecule has 0 radical (unpaired) electrons. The Kier molecular flexibility index (Phi) is 4.20. The Hall–Kier alpha value is -1.88. The molecule has 0 saturated carbocycles. The molecule has 1 aliphatic carbocycles. The van der Waals surface area contributed by atoms with Crippen LogP contribution in [0, 0.1) is 0 Å². The molecule has 1 unspecified atom stereocenters. The average Bonchev–Trinajstić information content (AvgIpc) is 3.09. The van der Waals surface area contributed by atoms with Crippen molar-refractivity contribution in [3.63, 3.8) is 0 Å². The molecule has 2 aromatic rings. The molecule has 21 heavy (non-hydrogen) atoms. The molecule has 0 spiro atoms. The van der Waals surface area contributed by atoms with Crippen LogP contribution in [-0.2, 0) is 20.1 Å². The minimum absolute atomic E-state index is 0.458. The quantitative estimate of drug-likeness (QED) is 0.886. The van der Waals surface area contributed by atoms with Crippen LogP contribution in [0.25, 0.3) is 0 Å². The van der Waals surface area contributed by atoms with E-state index in [4.69, 9.17) is 4.74 Å². The van der Waals surface area contributed by atoms with Crippen LogP contribution in [0.4, 0.5) is 0 Å². The number of aromatic nitrogens is 3. The van der Waals surface area contributed by atoms with E-state index in [1.807, 2.05) is 7.05 Å². The van der Waals surface area contributed by atoms with E-state index in [-0.39, 0.29) is 0 Å². The summed E-state index contributed by atoms with van der Waals surface area (Å²) >= 11 is 0. The third kappa shape index (κ3) is 2.93. The average molecular weight is 286 g/mol. The summed E-state index contributed by atoms with van der Waals surface area (Å²) in [4.78, 5) is 4.19. The molecule has 0 fully saturated rings. The van der Waals surface area contributed by atoms with Gasteiger partial charge < -0.3 is 10.1 Å². The highest BCUT2D eigenvalue weighted by molar-refractivity contribution is 5.45. The molecule has 5 heteroatoms. The number of nitrogens with zero attached hydrogens (tertiary/aromatic N) is 3. The molecule has 0 amide bonds. The maximum atomic E-state index is 5.98. The highest BCUT2D eigenvalue weighted by Gasteiger charge is 2.24. The van der Waals surface area contributed by atoms with Crippen molar-refractivity contribution < 1.29 is 4.74 Å². The molecule has 1 aromatic heterocycles.